The normalized spacial score (nSPS) is 27.9. The fourth-order valence-electron chi connectivity index (χ4n) is 3.78. The summed E-state index contributed by atoms with van der Waals surface area (Å²) >= 11 is 0. The van der Waals surface area contributed by atoms with E-state index in [9.17, 15) is 9.59 Å². The van der Waals surface area contributed by atoms with E-state index in [1.54, 1.807) is 18.3 Å². The van der Waals surface area contributed by atoms with Gasteiger partial charge in [-0.2, -0.15) is 0 Å². The second-order valence-corrected chi connectivity index (χ2v) is 6.91. The van der Waals surface area contributed by atoms with Crippen molar-refractivity contribution in [2.75, 3.05) is 33.2 Å². The van der Waals surface area contributed by atoms with E-state index in [0.717, 1.165) is 31.7 Å². The van der Waals surface area contributed by atoms with Gasteiger partial charge in [0.15, 0.2) is 0 Å². The van der Waals surface area contributed by atoms with Crippen molar-refractivity contribution in [3.63, 3.8) is 0 Å². The molecule has 0 unspecified atom stereocenters. The van der Waals surface area contributed by atoms with Gasteiger partial charge in [-0.15, -0.1) is 0 Å². The predicted molar refractivity (Wildman–Crippen MR) is 82.1 cm³/mol. The van der Waals surface area contributed by atoms with Crippen LogP contribution in [0.3, 0.4) is 0 Å². The van der Waals surface area contributed by atoms with Crippen LogP contribution in [0.2, 0.25) is 0 Å². The van der Waals surface area contributed by atoms with Gasteiger partial charge < -0.3 is 15.5 Å². The van der Waals surface area contributed by atoms with Crippen LogP contribution in [-0.4, -0.2) is 59.8 Å². The number of primary amides is 1. The van der Waals surface area contributed by atoms with Crippen molar-refractivity contribution in [3.05, 3.63) is 29.6 Å². The van der Waals surface area contributed by atoms with Gasteiger partial charge in [-0.25, -0.2) is 0 Å². The minimum atomic E-state index is -0.553. The number of amides is 2. The molecule has 6 nitrogen and oxygen atoms in total. The molecule has 2 saturated heterocycles. The molecule has 22 heavy (non-hydrogen) atoms. The average molecular weight is 302 g/mol. The largest absolute Gasteiger partial charge is 0.364 e. The lowest BCUT2D eigenvalue weighted by molar-refractivity contribution is -0.130. The second-order valence-electron chi connectivity index (χ2n) is 6.91. The van der Waals surface area contributed by atoms with Crippen LogP contribution in [0, 0.1) is 11.3 Å². The standard InChI is InChI=1S/C16H22N4O2/c1-16-9-19(2)7-12(16)8-20(10-16)14(21)5-11-3-4-13(15(17)22)18-6-11/h3-4,6,12H,5,7-10H2,1-2H3,(H2,17,22)/t12-,16+/m1/s1. The molecule has 2 N–H and O–H groups in total. The summed E-state index contributed by atoms with van der Waals surface area (Å²) in [7, 11) is 2.14. The summed E-state index contributed by atoms with van der Waals surface area (Å²) in [5, 5.41) is 0. The molecular weight excluding hydrogens is 280 g/mol. The van der Waals surface area contributed by atoms with E-state index in [-0.39, 0.29) is 17.0 Å². The van der Waals surface area contributed by atoms with Crippen molar-refractivity contribution in [1.82, 2.24) is 14.8 Å². The first-order valence-corrected chi connectivity index (χ1v) is 7.58. The number of nitrogens with zero attached hydrogens (tertiary/aromatic N) is 3. The molecule has 2 aliphatic rings. The van der Waals surface area contributed by atoms with Crippen molar-refractivity contribution in [1.29, 1.82) is 0 Å². The summed E-state index contributed by atoms with van der Waals surface area (Å²) in [6.07, 6.45) is 1.88. The highest BCUT2D eigenvalue weighted by atomic mass is 16.2. The Hall–Kier alpha value is -1.95. The highest BCUT2D eigenvalue weighted by Gasteiger charge is 2.49. The third kappa shape index (κ3) is 2.70. The van der Waals surface area contributed by atoms with E-state index in [1.165, 1.54) is 0 Å². The van der Waals surface area contributed by atoms with Crippen molar-refractivity contribution >= 4 is 11.8 Å². The fraction of sp³-hybridized carbons (Fsp3) is 0.562. The van der Waals surface area contributed by atoms with Gasteiger partial charge in [-0.1, -0.05) is 13.0 Å². The molecule has 2 atom stereocenters. The Kier molecular flexibility index (Phi) is 3.64. The highest BCUT2D eigenvalue weighted by Crippen LogP contribution is 2.41. The first-order chi connectivity index (χ1) is 10.4. The Balaban J connectivity index is 1.63. The van der Waals surface area contributed by atoms with Crippen molar-refractivity contribution in [3.8, 4) is 0 Å². The number of carbonyl (C=O) groups excluding carboxylic acids is 2. The van der Waals surface area contributed by atoms with E-state index >= 15 is 0 Å². The van der Waals surface area contributed by atoms with Gasteiger partial charge >= 0.3 is 0 Å². The van der Waals surface area contributed by atoms with Crippen LogP contribution in [-0.2, 0) is 11.2 Å². The van der Waals surface area contributed by atoms with Crippen LogP contribution in [0.4, 0.5) is 0 Å². The number of aromatic nitrogens is 1. The Morgan fingerprint density at radius 2 is 2.14 bits per heavy atom. The molecular formula is C16H22N4O2. The second kappa shape index (κ2) is 5.35. The monoisotopic (exact) mass is 302 g/mol. The Bertz CT molecular complexity index is 601. The van der Waals surface area contributed by atoms with E-state index < -0.39 is 5.91 Å². The molecule has 3 rings (SSSR count). The third-order valence-electron chi connectivity index (χ3n) is 4.93. The van der Waals surface area contributed by atoms with Gasteiger partial charge in [0.05, 0.1) is 6.42 Å². The van der Waals surface area contributed by atoms with Crippen molar-refractivity contribution < 1.29 is 9.59 Å². The Morgan fingerprint density at radius 1 is 1.36 bits per heavy atom. The first-order valence-electron chi connectivity index (χ1n) is 7.58. The molecule has 2 aliphatic heterocycles. The van der Waals surface area contributed by atoms with Gasteiger partial charge in [-0.05, 0) is 24.6 Å². The maximum Gasteiger partial charge on any atom is 0.267 e. The van der Waals surface area contributed by atoms with E-state index in [0.29, 0.717) is 12.3 Å². The zero-order valence-corrected chi connectivity index (χ0v) is 13.1. The van der Waals surface area contributed by atoms with Gasteiger partial charge in [0, 0.05) is 37.8 Å². The highest BCUT2D eigenvalue weighted by molar-refractivity contribution is 5.90. The number of rotatable bonds is 3. The lowest BCUT2D eigenvalue weighted by atomic mass is 9.83. The van der Waals surface area contributed by atoms with E-state index in [2.05, 4.69) is 23.9 Å². The molecule has 2 amide bonds. The number of hydrogen-bond donors (Lipinski definition) is 1. The lowest BCUT2D eigenvalue weighted by Gasteiger charge is -2.24. The van der Waals surface area contributed by atoms with E-state index in [1.807, 2.05) is 4.90 Å². The predicted octanol–water partition coefficient (Wildman–Crippen LogP) is 0.133. The van der Waals surface area contributed by atoms with Crippen LogP contribution >= 0.6 is 0 Å². The van der Waals surface area contributed by atoms with E-state index in [4.69, 9.17) is 5.73 Å². The van der Waals surface area contributed by atoms with Crippen LogP contribution in [0.15, 0.2) is 18.3 Å². The minimum Gasteiger partial charge on any atom is -0.364 e. The van der Waals surface area contributed by atoms with Crippen LogP contribution in [0.25, 0.3) is 0 Å². The molecule has 0 aromatic carbocycles. The molecule has 1 aromatic heterocycles. The summed E-state index contributed by atoms with van der Waals surface area (Å²) in [5.74, 6) is 0.144. The van der Waals surface area contributed by atoms with Gasteiger partial charge in [0.2, 0.25) is 5.91 Å². The molecule has 0 radical (unpaired) electrons. The molecule has 1 aromatic rings. The number of pyridine rings is 1. The van der Waals surface area contributed by atoms with Crippen LogP contribution in [0.5, 0.6) is 0 Å². The number of hydrogen-bond acceptors (Lipinski definition) is 4. The Labute approximate surface area is 130 Å². The molecule has 0 aliphatic carbocycles. The molecule has 0 spiro atoms. The molecule has 2 fully saturated rings. The zero-order chi connectivity index (χ0) is 15.9. The number of fused-ring (bicyclic) bond motifs is 1. The summed E-state index contributed by atoms with van der Waals surface area (Å²) in [5.41, 5.74) is 6.42. The quantitative estimate of drug-likeness (QED) is 0.861. The summed E-state index contributed by atoms with van der Waals surface area (Å²) in [4.78, 5) is 31.8. The number of carbonyl (C=O) groups is 2. The SMILES string of the molecule is CN1C[C@@H]2CN(C(=O)Cc3ccc(C(N)=O)nc3)C[C@]2(C)C1. The minimum absolute atomic E-state index is 0.131. The number of nitrogens with two attached hydrogens (primary N) is 1. The maximum absolute atomic E-state index is 12.5. The summed E-state index contributed by atoms with van der Waals surface area (Å²) < 4.78 is 0. The molecule has 6 heteroatoms. The number of likely N-dealkylation sites (tertiary alicyclic amines) is 2. The maximum atomic E-state index is 12.5. The molecule has 3 heterocycles. The summed E-state index contributed by atoms with van der Waals surface area (Å²) in [6.45, 7) is 6.06. The topological polar surface area (TPSA) is 79.5 Å². The van der Waals surface area contributed by atoms with Crippen molar-refractivity contribution in [2.45, 2.75) is 13.3 Å². The third-order valence-corrected chi connectivity index (χ3v) is 4.93. The van der Waals surface area contributed by atoms with Crippen molar-refractivity contribution in [2.24, 2.45) is 17.1 Å². The van der Waals surface area contributed by atoms with Gasteiger partial charge in [0.1, 0.15) is 5.69 Å². The Morgan fingerprint density at radius 3 is 2.73 bits per heavy atom. The smallest absolute Gasteiger partial charge is 0.267 e. The average Bonchev–Trinajstić information content (AvgIpc) is 2.89. The molecule has 0 bridgehead atoms. The van der Waals surface area contributed by atoms with Gasteiger partial charge in [0.25, 0.3) is 5.91 Å². The zero-order valence-electron chi connectivity index (χ0n) is 13.1. The summed E-state index contributed by atoms with van der Waals surface area (Å²) in [6, 6.07) is 3.32. The van der Waals surface area contributed by atoms with Crippen LogP contribution < -0.4 is 5.73 Å². The van der Waals surface area contributed by atoms with Gasteiger partial charge in [-0.3, -0.25) is 14.6 Å². The lowest BCUT2D eigenvalue weighted by Crippen LogP contribution is -2.35. The first kappa shape index (κ1) is 15.0. The fourth-order valence-corrected chi connectivity index (χ4v) is 3.78. The molecule has 0 saturated carbocycles. The molecule has 118 valence electrons. The van der Waals surface area contributed by atoms with Crippen LogP contribution in [0.1, 0.15) is 23.0 Å².